The largest absolute Gasteiger partial charge is 0.492 e. The Balaban J connectivity index is 1.47. The Morgan fingerprint density at radius 1 is 0.463 bits per heavy atom. The van der Waals surface area contributed by atoms with Gasteiger partial charge in [0.2, 0.25) is 0 Å². The highest BCUT2D eigenvalue weighted by molar-refractivity contribution is 5.92. The zero-order valence-electron chi connectivity index (χ0n) is 22.8. The average Bonchev–Trinajstić information content (AvgIpc) is 3.33. The number of ether oxygens (including phenoxy) is 2. The highest BCUT2D eigenvalue weighted by Gasteiger charge is 2.46. The molecular weight excluding hydrogens is 504 g/mol. The van der Waals surface area contributed by atoms with Gasteiger partial charge in [-0.25, -0.2) is 0 Å². The fourth-order valence-corrected chi connectivity index (χ4v) is 6.47. The van der Waals surface area contributed by atoms with Crippen molar-refractivity contribution in [1.82, 2.24) is 0 Å². The summed E-state index contributed by atoms with van der Waals surface area (Å²) in [6.07, 6.45) is 0. The van der Waals surface area contributed by atoms with Gasteiger partial charge in [-0.1, -0.05) is 84.9 Å². The number of nitrogens with two attached hydrogens (primary N) is 2. The SMILES string of the molecule is NCCOc1ccc2cc(C3(c4ccc5cc(OCCN)ccc5c4)c4ccccc4-c4ccccc43)ccc2c1. The normalized spacial score (nSPS) is 13.2. The van der Waals surface area contributed by atoms with Crippen LogP contribution in [-0.2, 0) is 5.41 Å². The Hall–Kier alpha value is -4.64. The Morgan fingerprint density at radius 3 is 1.34 bits per heavy atom. The van der Waals surface area contributed by atoms with Crippen molar-refractivity contribution in [2.75, 3.05) is 26.3 Å². The van der Waals surface area contributed by atoms with E-state index in [0.29, 0.717) is 26.3 Å². The third-order valence-electron chi connectivity index (χ3n) is 8.21. The second kappa shape index (κ2) is 10.4. The van der Waals surface area contributed by atoms with Gasteiger partial charge in [0.1, 0.15) is 24.7 Å². The monoisotopic (exact) mass is 536 g/mol. The fraction of sp³-hybridized carbons (Fsp3) is 0.135. The molecule has 4 nitrogen and oxygen atoms in total. The second-order valence-electron chi connectivity index (χ2n) is 10.6. The lowest BCUT2D eigenvalue weighted by Gasteiger charge is -2.34. The Morgan fingerprint density at radius 2 is 0.878 bits per heavy atom. The Bertz CT molecular complexity index is 1760. The third kappa shape index (κ3) is 4.15. The van der Waals surface area contributed by atoms with Gasteiger partial charge in [-0.15, -0.1) is 0 Å². The molecule has 0 aromatic heterocycles. The maximum Gasteiger partial charge on any atom is 0.120 e. The summed E-state index contributed by atoms with van der Waals surface area (Å²) in [5.41, 5.74) is 18.5. The molecule has 0 bridgehead atoms. The first kappa shape index (κ1) is 25.3. The van der Waals surface area contributed by atoms with E-state index in [4.69, 9.17) is 20.9 Å². The minimum absolute atomic E-state index is 0.473. The minimum Gasteiger partial charge on any atom is -0.492 e. The molecule has 1 aliphatic carbocycles. The lowest BCUT2D eigenvalue weighted by Crippen LogP contribution is -2.28. The van der Waals surface area contributed by atoms with Crippen LogP contribution in [-0.4, -0.2) is 26.3 Å². The van der Waals surface area contributed by atoms with Crippen LogP contribution in [0.15, 0.2) is 121 Å². The van der Waals surface area contributed by atoms with Crippen molar-refractivity contribution < 1.29 is 9.47 Å². The van der Waals surface area contributed by atoms with E-state index in [-0.39, 0.29) is 0 Å². The van der Waals surface area contributed by atoms with Gasteiger partial charge in [0.25, 0.3) is 0 Å². The minimum atomic E-state index is -0.473. The summed E-state index contributed by atoms with van der Waals surface area (Å²) in [5, 5.41) is 4.63. The molecule has 0 fully saturated rings. The third-order valence-corrected chi connectivity index (χ3v) is 8.21. The van der Waals surface area contributed by atoms with Gasteiger partial charge < -0.3 is 20.9 Å². The molecule has 7 rings (SSSR count). The smallest absolute Gasteiger partial charge is 0.120 e. The summed E-state index contributed by atoms with van der Waals surface area (Å²) in [5.74, 6) is 1.68. The van der Waals surface area contributed by atoms with Gasteiger partial charge in [-0.05, 0) is 91.3 Å². The second-order valence-corrected chi connectivity index (χ2v) is 10.6. The van der Waals surface area contributed by atoms with Crippen LogP contribution in [0.25, 0.3) is 32.7 Å². The van der Waals surface area contributed by atoms with Crippen molar-refractivity contribution in [3.63, 3.8) is 0 Å². The van der Waals surface area contributed by atoms with Crippen molar-refractivity contribution >= 4 is 21.5 Å². The van der Waals surface area contributed by atoms with Gasteiger partial charge >= 0.3 is 0 Å². The predicted molar refractivity (Wildman–Crippen MR) is 168 cm³/mol. The molecular formula is C37H32N2O2. The van der Waals surface area contributed by atoms with Gasteiger partial charge in [0.05, 0.1) is 5.41 Å². The summed E-state index contributed by atoms with van der Waals surface area (Å²) in [7, 11) is 0. The zero-order chi connectivity index (χ0) is 27.8. The fourth-order valence-electron chi connectivity index (χ4n) is 6.47. The molecule has 0 unspecified atom stereocenters. The molecule has 4 heteroatoms. The summed E-state index contributed by atoms with van der Waals surface area (Å²) in [6, 6.07) is 43.9. The summed E-state index contributed by atoms with van der Waals surface area (Å²) in [4.78, 5) is 0. The molecule has 41 heavy (non-hydrogen) atoms. The maximum absolute atomic E-state index is 5.81. The van der Waals surface area contributed by atoms with E-state index in [1.807, 2.05) is 12.1 Å². The van der Waals surface area contributed by atoms with E-state index in [1.54, 1.807) is 0 Å². The van der Waals surface area contributed by atoms with E-state index in [2.05, 4.69) is 109 Å². The van der Waals surface area contributed by atoms with Gasteiger partial charge in [-0.3, -0.25) is 0 Å². The number of hydrogen-bond acceptors (Lipinski definition) is 4. The van der Waals surface area contributed by atoms with Crippen LogP contribution in [0.5, 0.6) is 11.5 Å². The first-order chi connectivity index (χ1) is 20.2. The van der Waals surface area contributed by atoms with Crippen LogP contribution in [0.2, 0.25) is 0 Å². The molecule has 202 valence electrons. The molecule has 6 aromatic rings. The van der Waals surface area contributed by atoms with Crippen LogP contribution in [0.1, 0.15) is 22.3 Å². The van der Waals surface area contributed by atoms with Gasteiger partial charge in [0.15, 0.2) is 0 Å². The number of hydrogen-bond donors (Lipinski definition) is 2. The standard InChI is InChI=1S/C37H32N2O2/c38-17-19-40-31-15-11-25-21-29(13-9-27(25)23-31)37(35-7-3-1-5-33(35)34-6-2-4-8-36(34)37)30-14-10-28-24-32(41-20-18-39)16-12-26(28)22-30/h1-16,21-24H,17-20,38-39H2. The molecule has 0 spiro atoms. The van der Waals surface area contributed by atoms with Crippen LogP contribution < -0.4 is 20.9 Å². The molecule has 0 saturated carbocycles. The first-order valence-electron chi connectivity index (χ1n) is 14.2. The van der Waals surface area contributed by atoms with E-state index >= 15 is 0 Å². The predicted octanol–water partition coefficient (Wildman–Crippen LogP) is 7.03. The molecule has 1 aliphatic rings. The van der Waals surface area contributed by atoms with Crippen LogP contribution >= 0.6 is 0 Å². The van der Waals surface area contributed by atoms with Crippen molar-refractivity contribution in [3.05, 3.63) is 144 Å². The van der Waals surface area contributed by atoms with Crippen molar-refractivity contribution in [2.45, 2.75) is 5.41 Å². The van der Waals surface area contributed by atoms with Crippen molar-refractivity contribution in [1.29, 1.82) is 0 Å². The van der Waals surface area contributed by atoms with Crippen LogP contribution in [0.4, 0.5) is 0 Å². The van der Waals surface area contributed by atoms with E-state index < -0.39 is 5.41 Å². The summed E-state index contributed by atoms with van der Waals surface area (Å²) in [6.45, 7) is 1.99. The maximum atomic E-state index is 5.81. The Labute approximate surface area is 240 Å². The first-order valence-corrected chi connectivity index (χ1v) is 14.2. The zero-order valence-corrected chi connectivity index (χ0v) is 22.8. The quantitative estimate of drug-likeness (QED) is 0.219. The molecule has 6 aromatic carbocycles. The summed E-state index contributed by atoms with van der Waals surface area (Å²) < 4.78 is 11.6. The van der Waals surface area contributed by atoms with E-state index in [9.17, 15) is 0 Å². The molecule has 0 saturated heterocycles. The molecule has 0 amide bonds. The molecule has 0 aliphatic heterocycles. The number of benzene rings is 6. The molecule has 0 atom stereocenters. The number of rotatable bonds is 8. The lowest BCUT2D eigenvalue weighted by atomic mass is 9.67. The lowest BCUT2D eigenvalue weighted by molar-refractivity contribution is 0.328. The molecule has 0 heterocycles. The van der Waals surface area contributed by atoms with E-state index in [0.717, 1.165) is 22.3 Å². The van der Waals surface area contributed by atoms with Crippen LogP contribution in [0, 0.1) is 0 Å². The molecule has 0 radical (unpaired) electrons. The average molecular weight is 537 g/mol. The molecule has 4 N–H and O–H groups in total. The number of fused-ring (bicyclic) bond motifs is 5. The van der Waals surface area contributed by atoms with Crippen molar-refractivity contribution in [2.24, 2.45) is 11.5 Å². The summed E-state index contributed by atoms with van der Waals surface area (Å²) >= 11 is 0. The van der Waals surface area contributed by atoms with Crippen LogP contribution in [0.3, 0.4) is 0 Å². The Kier molecular flexibility index (Phi) is 6.43. The topological polar surface area (TPSA) is 70.5 Å². The van der Waals surface area contributed by atoms with Gasteiger partial charge in [0, 0.05) is 13.1 Å². The van der Waals surface area contributed by atoms with Gasteiger partial charge in [-0.2, -0.15) is 0 Å². The van der Waals surface area contributed by atoms with Crippen molar-refractivity contribution in [3.8, 4) is 22.6 Å². The highest BCUT2D eigenvalue weighted by atomic mass is 16.5. The van der Waals surface area contributed by atoms with E-state index in [1.165, 1.54) is 44.2 Å². The highest BCUT2D eigenvalue weighted by Crippen LogP contribution is 2.56.